The van der Waals surface area contributed by atoms with E-state index in [-0.39, 0.29) is 0 Å². The van der Waals surface area contributed by atoms with E-state index < -0.39 is 0 Å². The molecule has 0 saturated carbocycles. The molecule has 0 aliphatic carbocycles. The Bertz CT molecular complexity index is 412. The van der Waals surface area contributed by atoms with E-state index in [9.17, 15) is 0 Å². The van der Waals surface area contributed by atoms with Crippen molar-refractivity contribution in [1.82, 2.24) is 4.90 Å². The fourth-order valence-electron chi connectivity index (χ4n) is 2.82. The molecular weight excluding hydrogens is 280 g/mol. The Morgan fingerprint density at radius 1 is 1.19 bits per heavy atom. The summed E-state index contributed by atoms with van der Waals surface area (Å²) in [5, 5.41) is 0.861. The highest BCUT2D eigenvalue weighted by molar-refractivity contribution is 6.31. The predicted octanol–water partition coefficient (Wildman–Crippen LogP) is 4.56. The number of benzene rings is 1. The molecule has 1 aromatic carbocycles. The van der Waals surface area contributed by atoms with Gasteiger partial charge >= 0.3 is 0 Å². The van der Waals surface area contributed by atoms with Crippen LogP contribution in [0.2, 0.25) is 5.02 Å². The highest BCUT2D eigenvalue weighted by atomic mass is 35.5. The minimum absolute atomic E-state index is 0.348. The van der Waals surface area contributed by atoms with Crippen LogP contribution in [0.25, 0.3) is 0 Å². The van der Waals surface area contributed by atoms with Crippen LogP contribution in [0.5, 0.6) is 0 Å². The molecule has 120 valence electrons. The summed E-state index contributed by atoms with van der Waals surface area (Å²) >= 11 is 6.21. The zero-order chi connectivity index (χ0) is 15.9. The van der Waals surface area contributed by atoms with Gasteiger partial charge in [-0.2, -0.15) is 0 Å². The van der Waals surface area contributed by atoms with Crippen LogP contribution in [0.15, 0.2) is 24.3 Å². The molecule has 1 aromatic rings. The molecule has 1 rings (SSSR count). The highest BCUT2D eigenvalue weighted by Gasteiger charge is 2.23. The average molecular weight is 311 g/mol. The number of nitrogens with zero attached hydrogens (tertiary/aromatic N) is 1. The van der Waals surface area contributed by atoms with Crippen LogP contribution >= 0.6 is 11.6 Å². The summed E-state index contributed by atoms with van der Waals surface area (Å²) in [4.78, 5) is 2.35. The second-order valence-electron chi connectivity index (χ2n) is 7.11. The molecule has 1 unspecified atom stereocenters. The number of nitrogens with two attached hydrogens (primary N) is 1. The van der Waals surface area contributed by atoms with Gasteiger partial charge in [-0.25, -0.2) is 0 Å². The Kier molecular flexibility index (Phi) is 7.72. The van der Waals surface area contributed by atoms with E-state index in [0.29, 0.717) is 11.3 Å². The van der Waals surface area contributed by atoms with Gasteiger partial charge < -0.3 is 10.6 Å². The van der Waals surface area contributed by atoms with Crippen LogP contribution in [0.3, 0.4) is 0 Å². The standard InChI is InChI=1S/C18H31ClN2/c1-18(2,3)16(11-12-20)9-7-13-21(4)14-15-8-5-6-10-17(15)19/h5-6,8,10,16H,7,9,11-14,20H2,1-4H3. The normalized spacial score (nSPS) is 13.7. The van der Waals surface area contributed by atoms with Gasteiger partial charge in [0.2, 0.25) is 0 Å². The van der Waals surface area contributed by atoms with Crippen molar-refractivity contribution in [3.8, 4) is 0 Å². The summed E-state index contributed by atoms with van der Waals surface area (Å²) in [6, 6.07) is 8.09. The van der Waals surface area contributed by atoms with Gasteiger partial charge in [-0.05, 0) is 62.4 Å². The van der Waals surface area contributed by atoms with Gasteiger partial charge in [-0.15, -0.1) is 0 Å². The van der Waals surface area contributed by atoms with Gasteiger partial charge in [-0.1, -0.05) is 50.6 Å². The fourth-order valence-corrected chi connectivity index (χ4v) is 3.01. The SMILES string of the molecule is CN(CCCC(CCN)C(C)(C)C)Cc1ccccc1Cl. The third kappa shape index (κ3) is 6.82. The zero-order valence-corrected chi connectivity index (χ0v) is 14.8. The first-order valence-corrected chi connectivity index (χ1v) is 8.34. The lowest BCUT2D eigenvalue weighted by atomic mass is 9.76. The van der Waals surface area contributed by atoms with Crippen molar-refractivity contribution in [1.29, 1.82) is 0 Å². The summed E-state index contributed by atoms with van der Waals surface area (Å²) in [6.45, 7) is 9.76. The Labute approximate surface area is 135 Å². The maximum absolute atomic E-state index is 6.21. The average Bonchev–Trinajstić information content (AvgIpc) is 2.39. The Hall–Kier alpha value is -0.570. The van der Waals surface area contributed by atoms with E-state index in [2.05, 4.69) is 38.8 Å². The third-order valence-electron chi connectivity index (χ3n) is 4.23. The smallest absolute Gasteiger partial charge is 0.0451 e. The maximum atomic E-state index is 6.21. The second-order valence-corrected chi connectivity index (χ2v) is 7.52. The van der Waals surface area contributed by atoms with Crippen molar-refractivity contribution in [3.05, 3.63) is 34.9 Å². The Morgan fingerprint density at radius 2 is 1.86 bits per heavy atom. The van der Waals surface area contributed by atoms with E-state index in [1.165, 1.54) is 18.4 Å². The molecule has 0 fully saturated rings. The Balaban J connectivity index is 2.39. The van der Waals surface area contributed by atoms with Crippen LogP contribution in [0.1, 0.15) is 45.6 Å². The topological polar surface area (TPSA) is 29.3 Å². The first kappa shape index (κ1) is 18.5. The summed E-state index contributed by atoms with van der Waals surface area (Å²) in [5.41, 5.74) is 7.30. The van der Waals surface area contributed by atoms with Crippen molar-refractivity contribution >= 4 is 11.6 Å². The molecule has 3 heteroatoms. The molecule has 0 aliphatic heterocycles. The number of rotatable bonds is 8. The molecule has 0 radical (unpaired) electrons. The number of hydrogen-bond acceptors (Lipinski definition) is 2. The molecule has 0 spiro atoms. The highest BCUT2D eigenvalue weighted by Crippen LogP contribution is 2.32. The van der Waals surface area contributed by atoms with E-state index in [4.69, 9.17) is 17.3 Å². The minimum Gasteiger partial charge on any atom is -0.330 e. The van der Waals surface area contributed by atoms with Gasteiger partial charge in [0.1, 0.15) is 0 Å². The first-order valence-electron chi connectivity index (χ1n) is 7.96. The predicted molar refractivity (Wildman–Crippen MR) is 93.6 cm³/mol. The quantitative estimate of drug-likeness (QED) is 0.762. The molecule has 0 aliphatic rings. The van der Waals surface area contributed by atoms with Gasteiger partial charge in [-0.3, -0.25) is 0 Å². The molecule has 0 aromatic heterocycles. The molecule has 2 N–H and O–H groups in total. The molecule has 0 amide bonds. The summed E-state index contributed by atoms with van der Waals surface area (Å²) in [5.74, 6) is 0.705. The van der Waals surface area contributed by atoms with Gasteiger partial charge in [0.05, 0.1) is 0 Å². The van der Waals surface area contributed by atoms with Gasteiger partial charge in [0.15, 0.2) is 0 Å². The van der Waals surface area contributed by atoms with Crippen LogP contribution < -0.4 is 5.73 Å². The van der Waals surface area contributed by atoms with Crippen LogP contribution in [-0.4, -0.2) is 25.0 Å². The lowest BCUT2D eigenvalue weighted by molar-refractivity contribution is 0.199. The van der Waals surface area contributed by atoms with Crippen molar-refractivity contribution < 1.29 is 0 Å². The largest absolute Gasteiger partial charge is 0.330 e. The number of halogens is 1. The van der Waals surface area contributed by atoms with E-state index in [1.54, 1.807) is 0 Å². The van der Waals surface area contributed by atoms with Crippen molar-refractivity contribution in [2.24, 2.45) is 17.1 Å². The zero-order valence-electron chi connectivity index (χ0n) is 14.0. The summed E-state index contributed by atoms with van der Waals surface area (Å²) < 4.78 is 0. The van der Waals surface area contributed by atoms with Crippen molar-refractivity contribution in [3.63, 3.8) is 0 Å². The second kappa shape index (κ2) is 8.77. The maximum Gasteiger partial charge on any atom is 0.0451 e. The van der Waals surface area contributed by atoms with Crippen molar-refractivity contribution in [2.75, 3.05) is 20.1 Å². The lowest BCUT2D eigenvalue weighted by Crippen LogP contribution is -2.25. The molecule has 1 atom stereocenters. The van der Waals surface area contributed by atoms with Crippen LogP contribution in [0, 0.1) is 11.3 Å². The molecule has 2 nitrogen and oxygen atoms in total. The van der Waals surface area contributed by atoms with Crippen molar-refractivity contribution in [2.45, 2.75) is 46.6 Å². The van der Waals surface area contributed by atoms with E-state index in [1.807, 2.05) is 18.2 Å². The first-order chi connectivity index (χ1) is 9.84. The molecule has 0 heterocycles. The molecular formula is C18H31ClN2. The Morgan fingerprint density at radius 3 is 2.43 bits per heavy atom. The summed E-state index contributed by atoms with van der Waals surface area (Å²) in [7, 11) is 2.17. The van der Waals surface area contributed by atoms with E-state index >= 15 is 0 Å². The van der Waals surface area contributed by atoms with Crippen LogP contribution in [0.4, 0.5) is 0 Å². The molecule has 0 saturated heterocycles. The van der Waals surface area contributed by atoms with Crippen LogP contribution in [-0.2, 0) is 6.54 Å². The number of hydrogen-bond donors (Lipinski definition) is 1. The minimum atomic E-state index is 0.348. The lowest BCUT2D eigenvalue weighted by Gasteiger charge is -2.31. The molecule has 21 heavy (non-hydrogen) atoms. The van der Waals surface area contributed by atoms with Gasteiger partial charge in [0, 0.05) is 11.6 Å². The summed E-state index contributed by atoms with van der Waals surface area (Å²) in [6.07, 6.45) is 3.58. The monoisotopic (exact) mass is 310 g/mol. The molecule has 0 bridgehead atoms. The fraction of sp³-hybridized carbons (Fsp3) is 0.667. The van der Waals surface area contributed by atoms with E-state index in [0.717, 1.165) is 31.1 Å². The third-order valence-corrected chi connectivity index (χ3v) is 4.60. The van der Waals surface area contributed by atoms with Gasteiger partial charge in [0.25, 0.3) is 0 Å².